The summed E-state index contributed by atoms with van der Waals surface area (Å²) < 4.78 is 0.903. The molecule has 0 N–H and O–H groups in total. The summed E-state index contributed by atoms with van der Waals surface area (Å²) in [6, 6.07) is 10.8. The largest absolute Gasteiger partial charge is 0.0819 e. The number of alkyl halides is 1. The average molecular weight is 244 g/mol. The molecule has 2 rings (SSSR count). The number of rotatable bonds is 1. The van der Waals surface area contributed by atoms with Crippen molar-refractivity contribution >= 4 is 22.6 Å². The summed E-state index contributed by atoms with van der Waals surface area (Å²) in [6.07, 6.45) is 1.38. The molecule has 0 amide bonds. The highest BCUT2D eigenvalue weighted by Gasteiger charge is 2.35. The van der Waals surface area contributed by atoms with Crippen molar-refractivity contribution in [3.05, 3.63) is 35.9 Å². The summed E-state index contributed by atoms with van der Waals surface area (Å²) >= 11 is 2.52. The van der Waals surface area contributed by atoms with Crippen LogP contribution in [0.25, 0.3) is 0 Å². The normalized spacial score (nSPS) is 30.1. The maximum absolute atomic E-state index is 2.52. The monoisotopic (exact) mass is 244 g/mol. The van der Waals surface area contributed by atoms with Crippen LogP contribution < -0.4 is 0 Å². The van der Waals surface area contributed by atoms with Crippen LogP contribution in [-0.4, -0.2) is 3.92 Å². The molecule has 0 nitrogen and oxygen atoms in total. The molecule has 0 spiro atoms. The Kier molecular flexibility index (Phi) is 1.68. The van der Waals surface area contributed by atoms with Gasteiger partial charge in [0.25, 0.3) is 0 Å². The maximum Gasteiger partial charge on any atom is 0.0185 e. The zero-order valence-electron chi connectivity index (χ0n) is 5.63. The smallest absolute Gasteiger partial charge is 0.0185 e. The van der Waals surface area contributed by atoms with Gasteiger partial charge in [0.15, 0.2) is 0 Å². The molecule has 1 aliphatic rings. The number of hydrogen-bond acceptors (Lipinski definition) is 0. The maximum atomic E-state index is 2.52. The standard InChI is InChI=1S/C9H9I/c10-9-6-8(9)7-4-2-1-3-5-7/h1-5,8-9H,6H2/t8-,9?/m0/s1. The Balaban J connectivity index is 2.20. The van der Waals surface area contributed by atoms with Gasteiger partial charge in [-0.3, -0.25) is 0 Å². The van der Waals surface area contributed by atoms with Gasteiger partial charge in [-0.05, 0) is 17.9 Å². The highest BCUT2D eigenvalue weighted by Crippen LogP contribution is 2.46. The Morgan fingerprint density at radius 3 is 2.30 bits per heavy atom. The van der Waals surface area contributed by atoms with E-state index in [0.717, 1.165) is 9.84 Å². The molecule has 10 heavy (non-hydrogen) atoms. The lowest BCUT2D eigenvalue weighted by molar-refractivity contribution is 1.14. The van der Waals surface area contributed by atoms with Crippen LogP contribution in [0.4, 0.5) is 0 Å². The van der Waals surface area contributed by atoms with Gasteiger partial charge in [0, 0.05) is 3.92 Å². The molecule has 0 saturated heterocycles. The van der Waals surface area contributed by atoms with Gasteiger partial charge in [-0.15, -0.1) is 0 Å². The molecular weight excluding hydrogens is 235 g/mol. The van der Waals surface area contributed by atoms with E-state index in [1.165, 1.54) is 12.0 Å². The van der Waals surface area contributed by atoms with E-state index >= 15 is 0 Å². The quantitative estimate of drug-likeness (QED) is 0.526. The van der Waals surface area contributed by atoms with Crippen LogP contribution in [0.2, 0.25) is 0 Å². The van der Waals surface area contributed by atoms with Gasteiger partial charge in [0.2, 0.25) is 0 Å². The Morgan fingerprint density at radius 2 is 1.80 bits per heavy atom. The summed E-state index contributed by atoms with van der Waals surface area (Å²) in [5.41, 5.74) is 1.52. The Morgan fingerprint density at radius 1 is 1.20 bits per heavy atom. The van der Waals surface area contributed by atoms with Crippen molar-refractivity contribution in [1.29, 1.82) is 0 Å². The number of halogens is 1. The second-order valence-corrected chi connectivity index (χ2v) is 4.37. The molecule has 1 aromatic carbocycles. The van der Waals surface area contributed by atoms with E-state index < -0.39 is 0 Å². The molecule has 0 aromatic heterocycles. The van der Waals surface area contributed by atoms with Crippen LogP contribution in [-0.2, 0) is 0 Å². The molecular formula is C9H9I. The first-order valence-corrected chi connectivity index (χ1v) is 4.81. The molecule has 52 valence electrons. The minimum Gasteiger partial charge on any atom is -0.0819 e. The Bertz CT molecular complexity index is 217. The average Bonchev–Trinajstić information content (AvgIpc) is 2.69. The van der Waals surface area contributed by atoms with Crippen molar-refractivity contribution < 1.29 is 0 Å². The fourth-order valence-corrected chi connectivity index (χ4v) is 2.17. The SMILES string of the molecule is IC1C[C@H]1c1ccccc1. The summed E-state index contributed by atoms with van der Waals surface area (Å²) in [4.78, 5) is 0. The molecule has 0 heterocycles. The molecule has 1 heteroatoms. The van der Waals surface area contributed by atoms with Crippen molar-refractivity contribution in [3.63, 3.8) is 0 Å². The Hall–Kier alpha value is -0.0500. The molecule has 1 fully saturated rings. The summed E-state index contributed by atoms with van der Waals surface area (Å²) in [5, 5.41) is 0. The van der Waals surface area contributed by atoms with Gasteiger partial charge >= 0.3 is 0 Å². The van der Waals surface area contributed by atoms with Gasteiger partial charge < -0.3 is 0 Å². The molecule has 0 aliphatic heterocycles. The van der Waals surface area contributed by atoms with Crippen LogP contribution in [0, 0.1) is 0 Å². The lowest BCUT2D eigenvalue weighted by atomic mass is 10.1. The molecule has 1 aromatic rings. The first-order chi connectivity index (χ1) is 4.88. The molecule has 2 atom stereocenters. The molecule has 0 bridgehead atoms. The van der Waals surface area contributed by atoms with Crippen LogP contribution >= 0.6 is 22.6 Å². The third-order valence-electron chi connectivity index (χ3n) is 1.94. The van der Waals surface area contributed by atoms with Crippen molar-refractivity contribution in [1.82, 2.24) is 0 Å². The molecule has 1 unspecified atom stereocenters. The summed E-state index contributed by atoms with van der Waals surface area (Å²) in [7, 11) is 0. The molecule has 0 radical (unpaired) electrons. The van der Waals surface area contributed by atoms with Gasteiger partial charge in [0.05, 0.1) is 0 Å². The Labute approximate surface area is 74.8 Å². The van der Waals surface area contributed by atoms with E-state index in [1.807, 2.05) is 0 Å². The van der Waals surface area contributed by atoms with Crippen LogP contribution in [0.5, 0.6) is 0 Å². The van der Waals surface area contributed by atoms with Crippen LogP contribution in [0.15, 0.2) is 30.3 Å². The van der Waals surface area contributed by atoms with Crippen molar-refractivity contribution in [3.8, 4) is 0 Å². The second kappa shape index (κ2) is 2.53. The summed E-state index contributed by atoms with van der Waals surface area (Å²) in [5.74, 6) is 0.863. The van der Waals surface area contributed by atoms with E-state index in [0.29, 0.717) is 0 Å². The molecule has 1 aliphatic carbocycles. The predicted octanol–water partition coefficient (Wildman–Crippen LogP) is 2.98. The van der Waals surface area contributed by atoms with Gasteiger partial charge in [-0.2, -0.15) is 0 Å². The second-order valence-electron chi connectivity index (χ2n) is 2.77. The fraction of sp³-hybridized carbons (Fsp3) is 0.333. The lowest BCUT2D eigenvalue weighted by Gasteiger charge is -1.93. The van der Waals surface area contributed by atoms with E-state index in [4.69, 9.17) is 0 Å². The van der Waals surface area contributed by atoms with E-state index in [1.54, 1.807) is 0 Å². The van der Waals surface area contributed by atoms with Gasteiger partial charge in [-0.25, -0.2) is 0 Å². The highest BCUT2D eigenvalue weighted by molar-refractivity contribution is 14.1. The van der Waals surface area contributed by atoms with E-state index in [2.05, 4.69) is 52.9 Å². The fourth-order valence-electron chi connectivity index (χ4n) is 1.21. The minimum atomic E-state index is 0.863. The zero-order valence-corrected chi connectivity index (χ0v) is 7.78. The topological polar surface area (TPSA) is 0 Å². The highest BCUT2D eigenvalue weighted by atomic mass is 127. The number of hydrogen-bond donors (Lipinski definition) is 0. The van der Waals surface area contributed by atoms with Crippen LogP contribution in [0.3, 0.4) is 0 Å². The van der Waals surface area contributed by atoms with Gasteiger partial charge in [-0.1, -0.05) is 52.9 Å². The van der Waals surface area contributed by atoms with Gasteiger partial charge in [0.1, 0.15) is 0 Å². The van der Waals surface area contributed by atoms with Crippen molar-refractivity contribution in [2.24, 2.45) is 0 Å². The van der Waals surface area contributed by atoms with Crippen LogP contribution in [0.1, 0.15) is 17.9 Å². The lowest BCUT2D eigenvalue weighted by Crippen LogP contribution is -1.78. The third kappa shape index (κ3) is 1.19. The molecule has 1 saturated carbocycles. The van der Waals surface area contributed by atoms with Crippen molar-refractivity contribution in [2.45, 2.75) is 16.3 Å². The van der Waals surface area contributed by atoms with Crippen molar-refractivity contribution in [2.75, 3.05) is 0 Å². The first kappa shape index (κ1) is 6.65. The van der Waals surface area contributed by atoms with E-state index in [-0.39, 0.29) is 0 Å². The van der Waals surface area contributed by atoms with E-state index in [9.17, 15) is 0 Å². The summed E-state index contributed by atoms with van der Waals surface area (Å²) in [6.45, 7) is 0. The predicted molar refractivity (Wildman–Crippen MR) is 51.6 cm³/mol. The third-order valence-corrected chi connectivity index (χ3v) is 3.32. The minimum absolute atomic E-state index is 0.863. The number of benzene rings is 1. The zero-order chi connectivity index (χ0) is 6.97. The first-order valence-electron chi connectivity index (χ1n) is 3.57.